The number of fused-ring (bicyclic) bond motifs is 1. The molecule has 0 N–H and O–H groups in total. The maximum Gasteiger partial charge on any atom is 0.253 e. The average molecular weight is 494 g/mol. The number of carbonyl (C=O) groups excluding carboxylic acids is 1. The number of aryl methyl sites for hydroxylation is 1. The van der Waals surface area contributed by atoms with E-state index in [-0.39, 0.29) is 5.91 Å². The molecular weight excluding hydrogens is 466 g/mol. The van der Waals surface area contributed by atoms with Crippen molar-refractivity contribution in [3.05, 3.63) is 88.4 Å². The van der Waals surface area contributed by atoms with Crippen LogP contribution >= 0.6 is 11.3 Å². The van der Waals surface area contributed by atoms with E-state index in [1.807, 2.05) is 36.4 Å². The Morgan fingerprint density at radius 3 is 2.35 bits per heavy atom. The third-order valence-electron chi connectivity index (χ3n) is 6.68. The van der Waals surface area contributed by atoms with Crippen molar-refractivity contribution < 1.29 is 13.2 Å². The van der Waals surface area contributed by atoms with Crippen molar-refractivity contribution in [2.75, 3.05) is 26.2 Å². The monoisotopic (exact) mass is 493 g/mol. The minimum atomic E-state index is -3.48. The number of benzene rings is 2. The van der Waals surface area contributed by atoms with Gasteiger partial charge in [0.2, 0.25) is 0 Å². The number of rotatable bonds is 5. The third-order valence-corrected chi connectivity index (χ3v) is 9.96. The van der Waals surface area contributed by atoms with Gasteiger partial charge in [-0.05, 0) is 54.6 Å². The van der Waals surface area contributed by atoms with Gasteiger partial charge in [0.15, 0.2) is 0 Å². The second kappa shape index (κ2) is 9.02. The molecule has 0 unspecified atom stereocenters. The molecule has 2 aromatic carbocycles. The normalized spacial score (nSPS) is 15.2. The predicted octanol–water partition coefficient (Wildman–Crippen LogP) is 4.51. The summed E-state index contributed by atoms with van der Waals surface area (Å²) in [7, 11) is -3.48. The van der Waals surface area contributed by atoms with Gasteiger partial charge in [0, 0.05) is 54.9 Å². The molecule has 0 spiro atoms. The van der Waals surface area contributed by atoms with Crippen LogP contribution in [0.4, 0.5) is 0 Å². The lowest BCUT2D eigenvalue weighted by Gasteiger charge is -2.33. The van der Waals surface area contributed by atoms with E-state index in [2.05, 4.69) is 30.5 Å². The highest BCUT2D eigenvalue weighted by atomic mass is 32.2. The molecule has 0 atom stereocenters. The molecule has 1 fully saturated rings. The summed E-state index contributed by atoms with van der Waals surface area (Å²) in [5, 5.41) is 2.85. The van der Waals surface area contributed by atoms with Crippen LogP contribution in [0, 0.1) is 13.8 Å². The van der Waals surface area contributed by atoms with Gasteiger partial charge < -0.3 is 9.47 Å². The minimum absolute atomic E-state index is 0.0528. The number of thiophene rings is 1. The first kappa shape index (κ1) is 22.8. The van der Waals surface area contributed by atoms with Crippen molar-refractivity contribution in [3.8, 4) is 0 Å². The number of amides is 1. The molecule has 4 aromatic rings. The lowest BCUT2D eigenvalue weighted by Crippen LogP contribution is -2.50. The number of nitrogens with zero attached hydrogens (tertiary/aromatic N) is 3. The summed E-state index contributed by atoms with van der Waals surface area (Å²) in [6.07, 6.45) is 0. The van der Waals surface area contributed by atoms with Gasteiger partial charge in [-0.1, -0.05) is 36.4 Å². The number of sulfonamides is 1. The Hall–Kier alpha value is -2.94. The van der Waals surface area contributed by atoms with E-state index in [1.165, 1.54) is 32.5 Å². The first-order chi connectivity index (χ1) is 16.4. The predicted molar refractivity (Wildman–Crippen MR) is 136 cm³/mol. The van der Waals surface area contributed by atoms with E-state index >= 15 is 0 Å². The highest BCUT2D eigenvalue weighted by molar-refractivity contribution is 7.91. The molecule has 0 aliphatic carbocycles. The quantitative estimate of drug-likeness (QED) is 0.411. The second-order valence-corrected chi connectivity index (χ2v) is 11.8. The first-order valence-corrected chi connectivity index (χ1v) is 13.6. The fourth-order valence-electron chi connectivity index (χ4n) is 4.60. The van der Waals surface area contributed by atoms with Gasteiger partial charge >= 0.3 is 0 Å². The summed E-state index contributed by atoms with van der Waals surface area (Å²) in [5.41, 5.74) is 5.35. The van der Waals surface area contributed by atoms with Crippen molar-refractivity contribution in [1.82, 2.24) is 13.8 Å². The average Bonchev–Trinajstić information content (AvgIpc) is 3.49. The molecular formula is C26H27N3O3S2. The molecule has 0 bridgehead atoms. The fourth-order valence-corrected chi connectivity index (χ4v) is 7.17. The van der Waals surface area contributed by atoms with Crippen LogP contribution in [0.2, 0.25) is 0 Å². The standard InChI is InChI=1S/C26H27N3O3S2/c1-19-20(2)29(18-21-7-4-3-5-8-21)24-11-10-22(17-23(19)24)26(30)27-12-14-28(15-13-27)34(31,32)25-9-6-16-33-25/h3-11,16-17H,12-15,18H2,1-2H3. The van der Waals surface area contributed by atoms with E-state index in [9.17, 15) is 13.2 Å². The van der Waals surface area contributed by atoms with Gasteiger partial charge in [-0.15, -0.1) is 11.3 Å². The van der Waals surface area contributed by atoms with E-state index in [1.54, 1.807) is 22.4 Å². The molecule has 1 saturated heterocycles. The van der Waals surface area contributed by atoms with Gasteiger partial charge in [-0.3, -0.25) is 4.79 Å². The molecule has 1 aliphatic heterocycles. The molecule has 3 heterocycles. The van der Waals surface area contributed by atoms with Gasteiger partial charge in [-0.25, -0.2) is 8.42 Å². The highest BCUT2D eigenvalue weighted by Crippen LogP contribution is 2.28. The molecule has 6 nitrogen and oxygen atoms in total. The van der Waals surface area contributed by atoms with Crippen LogP contribution in [0.15, 0.2) is 70.3 Å². The van der Waals surface area contributed by atoms with E-state index in [4.69, 9.17) is 0 Å². The van der Waals surface area contributed by atoms with Gasteiger partial charge in [0.1, 0.15) is 4.21 Å². The Labute approximate surface area is 204 Å². The van der Waals surface area contributed by atoms with Crippen LogP contribution in [0.5, 0.6) is 0 Å². The Balaban J connectivity index is 1.35. The maximum absolute atomic E-state index is 13.3. The van der Waals surface area contributed by atoms with Crippen LogP contribution in [0.25, 0.3) is 10.9 Å². The molecule has 8 heteroatoms. The summed E-state index contributed by atoms with van der Waals surface area (Å²) < 4.78 is 29.7. The Morgan fingerprint density at radius 2 is 1.68 bits per heavy atom. The minimum Gasteiger partial charge on any atom is -0.340 e. The summed E-state index contributed by atoms with van der Waals surface area (Å²) in [4.78, 5) is 15.0. The largest absolute Gasteiger partial charge is 0.340 e. The van der Waals surface area contributed by atoms with Crippen LogP contribution in [0.1, 0.15) is 27.2 Å². The van der Waals surface area contributed by atoms with Gasteiger partial charge in [-0.2, -0.15) is 4.31 Å². The lowest BCUT2D eigenvalue weighted by atomic mass is 10.1. The van der Waals surface area contributed by atoms with E-state index in [0.717, 1.165) is 17.4 Å². The molecule has 176 valence electrons. The maximum atomic E-state index is 13.3. The zero-order chi connectivity index (χ0) is 23.9. The molecule has 1 amide bonds. The van der Waals surface area contributed by atoms with Crippen LogP contribution < -0.4 is 0 Å². The van der Waals surface area contributed by atoms with Crippen molar-refractivity contribution in [2.45, 2.75) is 24.6 Å². The number of aromatic nitrogens is 1. The van der Waals surface area contributed by atoms with Gasteiger partial charge in [0.25, 0.3) is 15.9 Å². The molecule has 0 saturated carbocycles. The number of piperazine rings is 1. The number of hydrogen-bond acceptors (Lipinski definition) is 4. The number of carbonyl (C=O) groups is 1. The summed E-state index contributed by atoms with van der Waals surface area (Å²) in [6, 6.07) is 19.6. The van der Waals surface area contributed by atoms with Crippen LogP contribution in [0.3, 0.4) is 0 Å². The molecule has 1 aliphatic rings. The second-order valence-electron chi connectivity index (χ2n) is 8.64. The van der Waals surface area contributed by atoms with Crippen molar-refractivity contribution in [2.24, 2.45) is 0 Å². The third kappa shape index (κ3) is 4.06. The summed E-state index contributed by atoms with van der Waals surface area (Å²) in [5.74, 6) is -0.0528. The molecule has 5 rings (SSSR count). The van der Waals surface area contributed by atoms with E-state index < -0.39 is 10.0 Å². The van der Waals surface area contributed by atoms with Crippen molar-refractivity contribution in [3.63, 3.8) is 0 Å². The topological polar surface area (TPSA) is 62.6 Å². The lowest BCUT2D eigenvalue weighted by molar-refractivity contribution is 0.0698. The van der Waals surface area contributed by atoms with E-state index in [0.29, 0.717) is 36.0 Å². The fraction of sp³-hybridized carbons (Fsp3) is 0.269. The molecule has 2 aromatic heterocycles. The zero-order valence-electron chi connectivity index (χ0n) is 19.3. The Morgan fingerprint density at radius 1 is 0.941 bits per heavy atom. The Kier molecular flexibility index (Phi) is 6.06. The Bertz CT molecular complexity index is 1430. The van der Waals surface area contributed by atoms with Crippen molar-refractivity contribution >= 4 is 38.2 Å². The zero-order valence-corrected chi connectivity index (χ0v) is 20.9. The summed E-state index contributed by atoms with van der Waals surface area (Å²) in [6.45, 7) is 6.38. The highest BCUT2D eigenvalue weighted by Gasteiger charge is 2.31. The molecule has 0 radical (unpaired) electrons. The van der Waals surface area contributed by atoms with Crippen molar-refractivity contribution in [1.29, 1.82) is 0 Å². The SMILES string of the molecule is Cc1c(C)n(Cc2ccccc2)c2ccc(C(=O)N3CCN(S(=O)(=O)c4cccs4)CC3)cc12. The van der Waals surface area contributed by atoms with Gasteiger partial charge in [0.05, 0.1) is 0 Å². The summed E-state index contributed by atoms with van der Waals surface area (Å²) >= 11 is 1.22. The first-order valence-electron chi connectivity index (χ1n) is 11.3. The van der Waals surface area contributed by atoms with Crippen LogP contribution in [-0.4, -0.2) is 54.3 Å². The van der Waals surface area contributed by atoms with Crippen LogP contribution in [-0.2, 0) is 16.6 Å². The number of hydrogen-bond donors (Lipinski definition) is 0. The smallest absolute Gasteiger partial charge is 0.253 e. The molecule has 34 heavy (non-hydrogen) atoms.